The molecule has 0 aliphatic rings. The Hall–Kier alpha value is -1.76. The molecule has 0 bridgehead atoms. The van der Waals surface area contributed by atoms with Gasteiger partial charge in [-0.25, -0.2) is 0 Å². The van der Waals surface area contributed by atoms with Crippen LogP contribution in [-0.2, 0) is 18.9 Å². The van der Waals surface area contributed by atoms with Crippen LogP contribution in [0.3, 0.4) is 0 Å². The molecule has 0 fully saturated rings. The van der Waals surface area contributed by atoms with Gasteiger partial charge in [0.25, 0.3) is 0 Å². The molecule has 0 spiro atoms. The predicted octanol–water partition coefficient (Wildman–Crippen LogP) is 5.75. The van der Waals surface area contributed by atoms with Crippen molar-refractivity contribution in [1.82, 2.24) is 14.8 Å². The van der Waals surface area contributed by atoms with Gasteiger partial charge in [-0.3, -0.25) is 4.57 Å². The molecule has 3 rings (SSSR count). The number of rotatable bonds is 8. The highest BCUT2D eigenvalue weighted by atomic mass is 79.9. The SMILES string of the molecule is C=CCn1c(COc2ccc(Br)cc2)nnc1SCc1ccccc1Cl. The minimum atomic E-state index is 0.342. The van der Waals surface area contributed by atoms with E-state index in [0.29, 0.717) is 13.2 Å². The van der Waals surface area contributed by atoms with Crippen LogP contribution in [0.1, 0.15) is 11.4 Å². The third-order valence-corrected chi connectivity index (χ3v) is 5.51. The lowest BCUT2D eigenvalue weighted by molar-refractivity contribution is 0.289. The summed E-state index contributed by atoms with van der Waals surface area (Å²) in [7, 11) is 0. The first-order valence-corrected chi connectivity index (χ1v) is 10.1. The van der Waals surface area contributed by atoms with Gasteiger partial charge in [0.05, 0.1) is 0 Å². The Kier molecular flexibility index (Phi) is 6.77. The van der Waals surface area contributed by atoms with Crippen molar-refractivity contribution in [3.8, 4) is 5.75 Å². The van der Waals surface area contributed by atoms with Crippen molar-refractivity contribution in [2.75, 3.05) is 0 Å². The molecular weight excluding hydrogens is 434 g/mol. The van der Waals surface area contributed by atoms with Crippen molar-refractivity contribution in [1.29, 1.82) is 0 Å². The average Bonchev–Trinajstić information content (AvgIpc) is 3.03. The summed E-state index contributed by atoms with van der Waals surface area (Å²) in [6.07, 6.45) is 1.83. The molecule has 0 aliphatic heterocycles. The number of allylic oxidation sites excluding steroid dienone is 1. The first-order valence-electron chi connectivity index (χ1n) is 7.95. The van der Waals surface area contributed by atoms with Crippen molar-refractivity contribution in [2.24, 2.45) is 0 Å². The maximum atomic E-state index is 6.23. The lowest BCUT2D eigenvalue weighted by Crippen LogP contribution is -2.07. The summed E-state index contributed by atoms with van der Waals surface area (Å²) in [5.41, 5.74) is 1.07. The molecule has 0 saturated carbocycles. The fourth-order valence-corrected chi connectivity index (χ4v) is 3.80. The molecule has 4 nitrogen and oxygen atoms in total. The van der Waals surface area contributed by atoms with Crippen molar-refractivity contribution in [3.63, 3.8) is 0 Å². The first kappa shape index (κ1) is 19.0. The van der Waals surface area contributed by atoms with E-state index in [2.05, 4.69) is 32.7 Å². The number of hydrogen-bond donors (Lipinski definition) is 0. The third kappa shape index (κ3) is 4.90. The minimum Gasteiger partial charge on any atom is -0.486 e. The van der Waals surface area contributed by atoms with Gasteiger partial charge in [-0.1, -0.05) is 63.6 Å². The second kappa shape index (κ2) is 9.26. The molecule has 0 N–H and O–H groups in total. The zero-order valence-electron chi connectivity index (χ0n) is 13.9. The second-order valence-electron chi connectivity index (χ2n) is 5.42. The van der Waals surface area contributed by atoms with Crippen molar-refractivity contribution >= 4 is 39.3 Å². The van der Waals surface area contributed by atoms with Gasteiger partial charge >= 0.3 is 0 Å². The van der Waals surface area contributed by atoms with E-state index in [4.69, 9.17) is 16.3 Å². The van der Waals surface area contributed by atoms with Gasteiger partial charge in [0.15, 0.2) is 11.0 Å². The molecule has 0 atom stereocenters. The fraction of sp³-hybridized carbons (Fsp3) is 0.158. The monoisotopic (exact) mass is 449 g/mol. The number of benzene rings is 2. The van der Waals surface area contributed by atoms with Crippen LogP contribution in [0.2, 0.25) is 5.02 Å². The van der Waals surface area contributed by atoms with E-state index < -0.39 is 0 Å². The molecule has 3 aromatic rings. The van der Waals surface area contributed by atoms with E-state index in [9.17, 15) is 0 Å². The Morgan fingerprint density at radius 1 is 1.15 bits per heavy atom. The Labute approximate surface area is 170 Å². The molecule has 1 aromatic heterocycles. The van der Waals surface area contributed by atoms with Crippen LogP contribution in [0.15, 0.2) is 70.8 Å². The van der Waals surface area contributed by atoms with E-state index in [1.54, 1.807) is 11.8 Å². The van der Waals surface area contributed by atoms with E-state index in [1.165, 1.54) is 0 Å². The maximum Gasteiger partial charge on any atom is 0.191 e. The first-order chi connectivity index (χ1) is 12.7. The van der Waals surface area contributed by atoms with Crippen molar-refractivity contribution in [2.45, 2.75) is 24.1 Å². The maximum absolute atomic E-state index is 6.23. The van der Waals surface area contributed by atoms with Crippen LogP contribution in [-0.4, -0.2) is 14.8 Å². The van der Waals surface area contributed by atoms with Crippen molar-refractivity contribution < 1.29 is 4.74 Å². The van der Waals surface area contributed by atoms with Gasteiger partial charge in [-0.2, -0.15) is 0 Å². The zero-order valence-corrected chi connectivity index (χ0v) is 17.1. The summed E-state index contributed by atoms with van der Waals surface area (Å²) in [4.78, 5) is 0. The summed E-state index contributed by atoms with van der Waals surface area (Å²) >= 11 is 11.2. The van der Waals surface area contributed by atoms with E-state index in [1.807, 2.05) is 59.2 Å². The Morgan fingerprint density at radius 2 is 1.92 bits per heavy atom. The molecule has 0 saturated heterocycles. The molecule has 1 heterocycles. The number of nitrogens with zero attached hydrogens (tertiary/aromatic N) is 3. The quantitative estimate of drug-likeness (QED) is 0.323. The second-order valence-corrected chi connectivity index (χ2v) is 7.69. The Bertz CT molecular complexity index is 883. The number of hydrogen-bond acceptors (Lipinski definition) is 4. The molecule has 0 unspecified atom stereocenters. The summed E-state index contributed by atoms with van der Waals surface area (Å²) in [6, 6.07) is 15.5. The summed E-state index contributed by atoms with van der Waals surface area (Å²) < 4.78 is 8.84. The minimum absolute atomic E-state index is 0.342. The lowest BCUT2D eigenvalue weighted by Gasteiger charge is -2.09. The normalized spacial score (nSPS) is 10.7. The number of halogens is 2. The Balaban J connectivity index is 1.70. The van der Waals surface area contributed by atoms with Gasteiger partial charge < -0.3 is 4.74 Å². The molecule has 26 heavy (non-hydrogen) atoms. The number of thioether (sulfide) groups is 1. The van der Waals surface area contributed by atoms with Gasteiger partial charge in [0.2, 0.25) is 0 Å². The topological polar surface area (TPSA) is 39.9 Å². The highest BCUT2D eigenvalue weighted by Gasteiger charge is 2.13. The fourth-order valence-electron chi connectivity index (χ4n) is 2.28. The molecule has 0 aliphatic carbocycles. The molecular formula is C19H17BrClN3OS. The highest BCUT2D eigenvalue weighted by Crippen LogP contribution is 2.26. The molecule has 134 valence electrons. The third-order valence-electron chi connectivity index (χ3n) is 3.60. The van der Waals surface area contributed by atoms with E-state index in [0.717, 1.165) is 37.5 Å². The summed E-state index contributed by atoms with van der Waals surface area (Å²) in [5.74, 6) is 2.27. The van der Waals surface area contributed by atoms with Crippen LogP contribution in [0.4, 0.5) is 0 Å². The smallest absolute Gasteiger partial charge is 0.191 e. The standard InChI is InChI=1S/C19H17BrClN3OS/c1-2-11-24-18(12-25-16-9-7-15(20)8-10-16)22-23-19(24)26-13-14-5-3-4-6-17(14)21/h2-10H,1,11-13H2. The van der Waals surface area contributed by atoms with Crippen LogP contribution in [0.25, 0.3) is 0 Å². The Morgan fingerprint density at radius 3 is 2.65 bits per heavy atom. The number of aromatic nitrogens is 3. The highest BCUT2D eigenvalue weighted by molar-refractivity contribution is 9.10. The van der Waals surface area contributed by atoms with E-state index in [-0.39, 0.29) is 0 Å². The summed E-state index contributed by atoms with van der Waals surface area (Å²) in [6.45, 7) is 4.79. The van der Waals surface area contributed by atoms with Crippen LogP contribution < -0.4 is 4.74 Å². The van der Waals surface area contributed by atoms with Crippen LogP contribution in [0.5, 0.6) is 5.75 Å². The molecule has 0 radical (unpaired) electrons. The van der Waals surface area contributed by atoms with Gasteiger partial charge in [-0.05, 0) is 35.9 Å². The lowest BCUT2D eigenvalue weighted by atomic mass is 10.2. The zero-order chi connectivity index (χ0) is 18.4. The summed E-state index contributed by atoms with van der Waals surface area (Å²) in [5, 5.41) is 10.2. The van der Waals surface area contributed by atoms with E-state index >= 15 is 0 Å². The van der Waals surface area contributed by atoms with Gasteiger partial charge in [-0.15, -0.1) is 16.8 Å². The van der Waals surface area contributed by atoms with Crippen molar-refractivity contribution in [3.05, 3.63) is 82.1 Å². The van der Waals surface area contributed by atoms with Gasteiger partial charge in [0, 0.05) is 21.8 Å². The molecule has 0 amide bonds. The largest absolute Gasteiger partial charge is 0.486 e. The average molecular weight is 451 g/mol. The van der Waals surface area contributed by atoms with Crippen LogP contribution in [0, 0.1) is 0 Å². The molecule has 2 aromatic carbocycles. The number of ether oxygens (including phenoxy) is 1. The van der Waals surface area contributed by atoms with Crippen LogP contribution >= 0.6 is 39.3 Å². The van der Waals surface area contributed by atoms with Gasteiger partial charge in [0.1, 0.15) is 12.4 Å². The molecule has 7 heteroatoms. The predicted molar refractivity (Wildman–Crippen MR) is 110 cm³/mol.